The quantitative estimate of drug-likeness (QED) is 0.594. The zero-order valence-electron chi connectivity index (χ0n) is 11.1. The van der Waals surface area contributed by atoms with Gasteiger partial charge in [0.25, 0.3) is 5.69 Å². The zero-order chi connectivity index (χ0) is 13.5. The van der Waals surface area contributed by atoms with Gasteiger partial charge in [0.1, 0.15) is 5.82 Å². The molecule has 0 fully saturated rings. The molecular formula is C12H20N4O2. The first kappa shape index (κ1) is 14.4. The van der Waals surface area contributed by atoms with Crippen LogP contribution in [0.15, 0.2) is 18.3 Å². The van der Waals surface area contributed by atoms with Crippen LogP contribution in [0.1, 0.15) is 20.3 Å². The van der Waals surface area contributed by atoms with Crippen molar-refractivity contribution in [2.75, 3.05) is 25.5 Å². The Kier molecular flexibility index (Phi) is 5.51. The number of anilines is 1. The van der Waals surface area contributed by atoms with Crippen LogP contribution in [0.5, 0.6) is 0 Å². The predicted molar refractivity (Wildman–Crippen MR) is 71.8 cm³/mol. The largest absolute Gasteiger partial charge is 0.369 e. The summed E-state index contributed by atoms with van der Waals surface area (Å²) >= 11 is 0. The summed E-state index contributed by atoms with van der Waals surface area (Å²) in [7, 11) is 2.07. The van der Waals surface area contributed by atoms with Gasteiger partial charge in [0, 0.05) is 31.4 Å². The van der Waals surface area contributed by atoms with E-state index in [1.54, 1.807) is 0 Å². The molecule has 0 aliphatic rings. The second-order valence-electron chi connectivity index (χ2n) is 4.32. The second kappa shape index (κ2) is 6.90. The lowest BCUT2D eigenvalue weighted by Gasteiger charge is -2.23. The summed E-state index contributed by atoms with van der Waals surface area (Å²) < 4.78 is 0. The van der Waals surface area contributed by atoms with Gasteiger partial charge in [-0.1, -0.05) is 6.92 Å². The van der Waals surface area contributed by atoms with Gasteiger partial charge in [-0.25, -0.2) is 4.98 Å². The van der Waals surface area contributed by atoms with Crippen molar-refractivity contribution >= 4 is 11.5 Å². The lowest BCUT2D eigenvalue weighted by atomic mass is 10.2. The fraction of sp³-hybridized carbons (Fsp3) is 0.583. The van der Waals surface area contributed by atoms with Gasteiger partial charge in [0.15, 0.2) is 0 Å². The van der Waals surface area contributed by atoms with Crippen LogP contribution in [-0.4, -0.2) is 41.0 Å². The third-order valence-electron chi connectivity index (χ3n) is 3.07. The number of rotatable bonds is 7. The molecule has 18 heavy (non-hydrogen) atoms. The SMILES string of the molecule is CCC(C)N(C)CCNc1cc([N+](=O)[O-])ccn1. The Labute approximate surface area is 107 Å². The topological polar surface area (TPSA) is 71.3 Å². The normalized spacial score (nSPS) is 12.4. The maximum absolute atomic E-state index is 10.6. The van der Waals surface area contributed by atoms with Crippen LogP contribution >= 0.6 is 0 Å². The van der Waals surface area contributed by atoms with Crippen LogP contribution in [0, 0.1) is 10.1 Å². The number of hydrogen-bond donors (Lipinski definition) is 1. The zero-order valence-corrected chi connectivity index (χ0v) is 11.1. The summed E-state index contributed by atoms with van der Waals surface area (Å²) in [4.78, 5) is 16.5. The summed E-state index contributed by atoms with van der Waals surface area (Å²) in [6.07, 6.45) is 2.55. The minimum absolute atomic E-state index is 0.0581. The van der Waals surface area contributed by atoms with Crippen molar-refractivity contribution in [3.8, 4) is 0 Å². The molecule has 1 aromatic heterocycles. The fourth-order valence-corrected chi connectivity index (χ4v) is 1.52. The van der Waals surface area contributed by atoms with E-state index in [0.29, 0.717) is 11.9 Å². The Hall–Kier alpha value is -1.69. The van der Waals surface area contributed by atoms with Gasteiger partial charge < -0.3 is 10.2 Å². The van der Waals surface area contributed by atoms with Crippen molar-refractivity contribution in [3.63, 3.8) is 0 Å². The summed E-state index contributed by atoms with van der Waals surface area (Å²) in [5.41, 5.74) is 0.0581. The summed E-state index contributed by atoms with van der Waals surface area (Å²) in [6, 6.07) is 3.37. The lowest BCUT2D eigenvalue weighted by Crippen LogP contribution is -2.32. The number of likely N-dealkylation sites (N-methyl/N-ethyl adjacent to an activating group) is 1. The van der Waals surface area contributed by atoms with Gasteiger partial charge in [0.05, 0.1) is 11.0 Å². The average molecular weight is 252 g/mol. The van der Waals surface area contributed by atoms with Crippen LogP contribution in [0.25, 0.3) is 0 Å². The van der Waals surface area contributed by atoms with Crippen molar-refractivity contribution in [2.45, 2.75) is 26.3 Å². The number of hydrogen-bond acceptors (Lipinski definition) is 5. The minimum atomic E-state index is -0.419. The fourth-order valence-electron chi connectivity index (χ4n) is 1.52. The predicted octanol–water partition coefficient (Wildman–Crippen LogP) is 2.13. The van der Waals surface area contributed by atoms with E-state index in [4.69, 9.17) is 0 Å². The molecule has 1 rings (SSSR count). The van der Waals surface area contributed by atoms with E-state index in [2.05, 4.69) is 36.1 Å². The molecule has 1 N–H and O–H groups in total. The van der Waals surface area contributed by atoms with E-state index in [-0.39, 0.29) is 5.69 Å². The molecule has 0 radical (unpaired) electrons. The Bertz CT molecular complexity index is 397. The molecule has 1 heterocycles. The van der Waals surface area contributed by atoms with Gasteiger partial charge in [-0.2, -0.15) is 0 Å². The maximum Gasteiger partial charge on any atom is 0.274 e. The van der Waals surface area contributed by atoms with E-state index in [0.717, 1.165) is 19.5 Å². The Morgan fingerprint density at radius 1 is 1.61 bits per heavy atom. The monoisotopic (exact) mass is 252 g/mol. The molecule has 0 aliphatic carbocycles. The number of aromatic nitrogens is 1. The molecule has 0 aromatic carbocycles. The number of nitrogens with one attached hydrogen (secondary N) is 1. The lowest BCUT2D eigenvalue weighted by molar-refractivity contribution is -0.384. The molecular weight excluding hydrogens is 232 g/mol. The highest BCUT2D eigenvalue weighted by Crippen LogP contribution is 2.13. The highest BCUT2D eigenvalue weighted by atomic mass is 16.6. The van der Waals surface area contributed by atoms with Crippen molar-refractivity contribution in [2.24, 2.45) is 0 Å². The Morgan fingerprint density at radius 2 is 2.33 bits per heavy atom. The van der Waals surface area contributed by atoms with E-state index in [1.165, 1.54) is 18.3 Å². The molecule has 0 amide bonds. The molecule has 1 unspecified atom stereocenters. The van der Waals surface area contributed by atoms with Gasteiger partial charge >= 0.3 is 0 Å². The molecule has 0 aliphatic heterocycles. The third kappa shape index (κ3) is 4.29. The van der Waals surface area contributed by atoms with Crippen LogP contribution < -0.4 is 5.32 Å². The summed E-state index contributed by atoms with van der Waals surface area (Å²) in [6.45, 7) is 5.91. The van der Waals surface area contributed by atoms with Crippen LogP contribution in [-0.2, 0) is 0 Å². The smallest absolute Gasteiger partial charge is 0.274 e. The Balaban J connectivity index is 2.44. The first-order valence-electron chi connectivity index (χ1n) is 6.09. The molecule has 0 bridgehead atoms. The highest BCUT2D eigenvalue weighted by Gasteiger charge is 2.08. The van der Waals surface area contributed by atoms with E-state index in [1.807, 2.05) is 0 Å². The van der Waals surface area contributed by atoms with E-state index >= 15 is 0 Å². The van der Waals surface area contributed by atoms with Crippen LogP contribution in [0.2, 0.25) is 0 Å². The Morgan fingerprint density at radius 3 is 2.94 bits per heavy atom. The van der Waals surface area contributed by atoms with E-state index < -0.39 is 4.92 Å². The molecule has 6 nitrogen and oxygen atoms in total. The standard InChI is InChI=1S/C12H20N4O2/c1-4-10(2)15(3)8-7-14-12-9-11(16(17)18)5-6-13-12/h5-6,9-10H,4,7-8H2,1-3H3,(H,13,14). The molecule has 100 valence electrons. The number of pyridine rings is 1. The minimum Gasteiger partial charge on any atom is -0.369 e. The van der Waals surface area contributed by atoms with Gasteiger partial charge in [-0.3, -0.25) is 10.1 Å². The molecule has 0 saturated heterocycles. The third-order valence-corrected chi connectivity index (χ3v) is 3.07. The van der Waals surface area contributed by atoms with Crippen molar-refractivity contribution < 1.29 is 4.92 Å². The van der Waals surface area contributed by atoms with E-state index in [9.17, 15) is 10.1 Å². The number of nitro groups is 1. The average Bonchev–Trinajstić information content (AvgIpc) is 2.38. The van der Waals surface area contributed by atoms with Gasteiger partial charge in [-0.05, 0) is 20.4 Å². The van der Waals surface area contributed by atoms with Gasteiger partial charge in [-0.15, -0.1) is 0 Å². The molecule has 0 spiro atoms. The first-order valence-corrected chi connectivity index (χ1v) is 6.09. The summed E-state index contributed by atoms with van der Waals surface area (Å²) in [5, 5.41) is 13.7. The molecule has 0 saturated carbocycles. The first-order chi connectivity index (χ1) is 8.54. The number of nitrogens with zero attached hydrogens (tertiary/aromatic N) is 3. The van der Waals surface area contributed by atoms with Crippen molar-refractivity contribution in [3.05, 3.63) is 28.4 Å². The molecule has 1 atom stereocenters. The summed E-state index contributed by atoms with van der Waals surface area (Å²) in [5.74, 6) is 0.543. The maximum atomic E-state index is 10.6. The molecule has 6 heteroatoms. The van der Waals surface area contributed by atoms with Crippen LogP contribution in [0.4, 0.5) is 11.5 Å². The van der Waals surface area contributed by atoms with Crippen molar-refractivity contribution in [1.82, 2.24) is 9.88 Å². The molecule has 1 aromatic rings. The highest BCUT2D eigenvalue weighted by molar-refractivity contribution is 5.44. The van der Waals surface area contributed by atoms with Crippen LogP contribution in [0.3, 0.4) is 0 Å². The second-order valence-corrected chi connectivity index (χ2v) is 4.32. The van der Waals surface area contributed by atoms with Gasteiger partial charge in [0.2, 0.25) is 0 Å². The van der Waals surface area contributed by atoms with Crippen molar-refractivity contribution in [1.29, 1.82) is 0 Å².